The van der Waals surface area contributed by atoms with Gasteiger partial charge in [-0.25, -0.2) is 22.9 Å². The lowest BCUT2D eigenvalue weighted by Gasteiger charge is -2.23. The zero-order valence-corrected chi connectivity index (χ0v) is 17.2. The number of alkyl halides is 1. The van der Waals surface area contributed by atoms with Gasteiger partial charge in [0.25, 0.3) is 5.56 Å². The van der Waals surface area contributed by atoms with E-state index in [0.717, 1.165) is 10.8 Å². The number of terminal acetylenes is 1. The number of H-pyrrole nitrogens is 1. The summed E-state index contributed by atoms with van der Waals surface area (Å²) >= 11 is 0. The molecule has 0 radical (unpaired) electrons. The van der Waals surface area contributed by atoms with Gasteiger partial charge in [-0.05, 0) is 6.42 Å². The molecule has 0 saturated carbocycles. The first-order chi connectivity index (χ1) is 13.5. The van der Waals surface area contributed by atoms with Crippen LogP contribution in [0, 0.1) is 12.3 Å². The van der Waals surface area contributed by atoms with Gasteiger partial charge in [0.05, 0.1) is 0 Å². The lowest BCUT2D eigenvalue weighted by Crippen LogP contribution is -2.35. The number of phosphoric ester groups is 1. The molecule has 1 saturated heterocycles. The van der Waals surface area contributed by atoms with Crippen LogP contribution in [0.5, 0.6) is 0 Å². The average molecular weight is 494 g/mol. The molecule has 4 atom stereocenters. The number of nitrogens with zero attached hydrogens (tertiary/aromatic N) is 1. The molecule has 1 aliphatic rings. The van der Waals surface area contributed by atoms with Crippen LogP contribution in [-0.2, 0) is 31.6 Å². The Morgan fingerprint density at radius 2 is 1.90 bits per heavy atom. The molecule has 5 N–H and O–H groups in total. The first kappa shape index (κ1) is 24.8. The van der Waals surface area contributed by atoms with Crippen molar-refractivity contribution in [1.29, 1.82) is 0 Å². The molecule has 168 valence electrons. The van der Waals surface area contributed by atoms with Gasteiger partial charge >= 0.3 is 29.2 Å². The van der Waals surface area contributed by atoms with Crippen molar-refractivity contribution >= 4 is 23.5 Å². The van der Waals surface area contributed by atoms with Crippen LogP contribution >= 0.6 is 23.5 Å². The summed E-state index contributed by atoms with van der Waals surface area (Å²) in [5.74, 6) is -0.781. The number of phosphoric acid groups is 3. The van der Waals surface area contributed by atoms with Crippen LogP contribution in [0.25, 0.3) is 0 Å². The van der Waals surface area contributed by atoms with Crippen molar-refractivity contribution in [3.8, 4) is 12.3 Å². The second kappa shape index (κ2) is 8.58. The predicted octanol–water partition coefficient (Wildman–Crippen LogP) is -0.164. The van der Waals surface area contributed by atoms with Crippen LogP contribution in [0.15, 0.2) is 15.8 Å². The number of halogens is 1. The quantitative estimate of drug-likeness (QED) is 0.234. The van der Waals surface area contributed by atoms with Gasteiger partial charge in [-0.15, -0.1) is 6.42 Å². The molecule has 0 bridgehead atoms. The Morgan fingerprint density at radius 3 is 2.47 bits per heavy atom. The minimum atomic E-state index is -5.76. The molecule has 19 heteroatoms. The molecular weight excluding hydrogens is 480 g/mol. The Morgan fingerprint density at radius 1 is 1.27 bits per heavy atom. The van der Waals surface area contributed by atoms with Gasteiger partial charge < -0.3 is 24.3 Å². The van der Waals surface area contributed by atoms with Crippen LogP contribution in [0.3, 0.4) is 0 Å². The first-order valence-corrected chi connectivity index (χ1v) is 12.0. The van der Waals surface area contributed by atoms with E-state index in [-0.39, 0.29) is 12.0 Å². The highest BCUT2D eigenvalue weighted by Crippen LogP contribution is 2.66. The SMILES string of the molecule is C#Cc1cn([C@H]2CC[C@@](F)(COP(=O)(O)OP(=O)(O)OP(=O)(O)O)O2)c(=O)[nH]c1=O. The van der Waals surface area contributed by atoms with Gasteiger partial charge in [0.1, 0.15) is 18.4 Å². The molecule has 0 amide bonds. The van der Waals surface area contributed by atoms with Crippen LogP contribution in [0.2, 0.25) is 0 Å². The van der Waals surface area contributed by atoms with Crippen molar-refractivity contribution in [2.45, 2.75) is 24.9 Å². The second-order valence-electron chi connectivity index (χ2n) is 5.71. The fraction of sp³-hybridized carbons (Fsp3) is 0.455. The predicted molar refractivity (Wildman–Crippen MR) is 92.3 cm³/mol. The summed E-state index contributed by atoms with van der Waals surface area (Å²) in [6.07, 6.45) is 4.09. The molecule has 30 heavy (non-hydrogen) atoms. The summed E-state index contributed by atoms with van der Waals surface area (Å²) in [5.41, 5.74) is -2.07. The standard InChI is InChI=1S/C11H14FN2O13P3/c1-2-7-5-14(10(16)13-9(7)15)8-3-4-11(12,25-8)6-24-29(20,21)27-30(22,23)26-28(17,18)19/h1,5,8H,3-4,6H2,(H,20,21)(H,22,23)(H,13,15,16)(H2,17,18,19)/t8-,11+/m1/s1. The topological polar surface area (TPSA) is 224 Å². The Bertz CT molecular complexity index is 1120. The molecule has 1 aliphatic heterocycles. The van der Waals surface area contributed by atoms with E-state index < -0.39 is 59.8 Å². The highest BCUT2D eigenvalue weighted by Gasteiger charge is 2.46. The number of hydrogen-bond donors (Lipinski definition) is 5. The number of aromatic amines is 1. The molecular formula is C11H14FN2O13P3. The maximum atomic E-state index is 14.7. The summed E-state index contributed by atoms with van der Waals surface area (Å²) in [5, 5.41) is 0. The van der Waals surface area contributed by atoms with Gasteiger partial charge in [-0.2, -0.15) is 8.62 Å². The van der Waals surface area contributed by atoms with Gasteiger partial charge in [0.15, 0.2) is 0 Å². The maximum absolute atomic E-state index is 14.7. The molecule has 15 nitrogen and oxygen atoms in total. The second-order valence-corrected chi connectivity index (χ2v) is 10.1. The summed E-state index contributed by atoms with van der Waals surface area (Å²) in [6.45, 7) is -1.35. The third-order valence-corrected chi connectivity index (χ3v) is 7.19. The number of hydrogen-bond acceptors (Lipinski definition) is 9. The van der Waals surface area contributed by atoms with E-state index in [4.69, 9.17) is 25.8 Å². The summed E-state index contributed by atoms with van der Waals surface area (Å²) < 4.78 is 65.1. The molecule has 2 heterocycles. The van der Waals surface area contributed by atoms with Crippen molar-refractivity contribution in [2.75, 3.05) is 6.61 Å². The number of aromatic nitrogens is 2. The van der Waals surface area contributed by atoms with Crippen LogP contribution in [-0.4, -0.2) is 41.6 Å². The fourth-order valence-electron chi connectivity index (χ4n) is 2.29. The zero-order chi connectivity index (χ0) is 23.0. The monoisotopic (exact) mass is 494 g/mol. The van der Waals surface area contributed by atoms with Crippen LogP contribution < -0.4 is 11.2 Å². The van der Waals surface area contributed by atoms with E-state index in [0.29, 0.717) is 0 Å². The first-order valence-electron chi connectivity index (χ1n) is 7.52. The highest BCUT2D eigenvalue weighted by atomic mass is 31.3. The maximum Gasteiger partial charge on any atom is 0.490 e. The number of ether oxygens (including phenoxy) is 1. The third kappa shape index (κ3) is 6.78. The largest absolute Gasteiger partial charge is 0.490 e. The lowest BCUT2D eigenvalue weighted by molar-refractivity contribution is -0.175. The van der Waals surface area contributed by atoms with Gasteiger partial charge in [0.2, 0.25) is 5.85 Å². The van der Waals surface area contributed by atoms with Crippen molar-refractivity contribution in [3.63, 3.8) is 0 Å². The van der Waals surface area contributed by atoms with Crippen molar-refractivity contribution in [3.05, 3.63) is 32.6 Å². The highest BCUT2D eigenvalue weighted by molar-refractivity contribution is 7.66. The number of rotatable bonds is 8. The van der Waals surface area contributed by atoms with E-state index >= 15 is 0 Å². The fourth-order valence-corrected chi connectivity index (χ4v) is 5.34. The molecule has 0 spiro atoms. The molecule has 1 aromatic heterocycles. The third-order valence-electron chi connectivity index (χ3n) is 3.40. The molecule has 0 aromatic carbocycles. The van der Waals surface area contributed by atoms with Crippen molar-refractivity contribution < 1.29 is 55.5 Å². The molecule has 0 aliphatic carbocycles. The number of nitrogens with one attached hydrogen (secondary N) is 1. The van der Waals surface area contributed by atoms with Crippen LogP contribution in [0.4, 0.5) is 4.39 Å². The lowest BCUT2D eigenvalue weighted by atomic mass is 10.2. The Balaban J connectivity index is 2.07. The molecule has 1 fully saturated rings. The van der Waals surface area contributed by atoms with Crippen molar-refractivity contribution in [1.82, 2.24) is 9.55 Å². The average Bonchev–Trinajstić information content (AvgIpc) is 2.93. The minimum Gasteiger partial charge on any atom is -0.320 e. The molecule has 1 aromatic rings. The van der Waals surface area contributed by atoms with E-state index in [2.05, 4.69) is 13.1 Å². The Kier molecular flexibility index (Phi) is 7.10. The van der Waals surface area contributed by atoms with Gasteiger partial charge in [0, 0.05) is 12.6 Å². The van der Waals surface area contributed by atoms with E-state index in [1.54, 1.807) is 0 Å². The Labute approximate surface area is 165 Å². The van der Waals surface area contributed by atoms with E-state index in [1.807, 2.05) is 10.9 Å². The molecule has 2 rings (SSSR count). The summed E-state index contributed by atoms with van der Waals surface area (Å²) in [7, 11) is -16.9. The van der Waals surface area contributed by atoms with Crippen LogP contribution in [0.1, 0.15) is 24.6 Å². The normalized spacial score (nSPS) is 25.9. The minimum absolute atomic E-state index is 0.174. The smallest absolute Gasteiger partial charge is 0.320 e. The molecule has 2 unspecified atom stereocenters. The van der Waals surface area contributed by atoms with Gasteiger partial charge in [-0.3, -0.25) is 18.9 Å². The van der Waals surface area contributed by atoms with Crippen molar-refractivity contribution in [2.24, 2.45) is 0 Å². The summed E-state index contributed by atoms with van der Waals surface area (Å²) in [4.78, 5) is 60.5. The zero-order valence-electron chi connectivity index (χ0n) is 14.5. The van der Waals surface area contributed by atoms with E-state index in [1.165, 1.54) is 0 Å². The summed E-state index contributed by atoms with van der Waals surface area (Å²) in [6, 6.07) is 0. The van der Waals surface area contributed by atoms with E-state index in [9.17, 15) is 32.6 Å². The van der Waals surface area contributed by atoms with Gasteiger partial charge in [-0.1, -0.05) is 5.92 Å². The Hall–Kier alpha value is -1.46.